The Balaban J connectivity index is -0.000000487. The first-order valence-corrected chi connectivity index (χ1v) is 14.4. The second-order valence-electron chi connectivity index (χ2n) is 13.7. The van der Waals surface area contributed by atoms with E-state index in [1.807, 2.05) is 0 Å². The summed E-state index contributed by atoms with van der Waals surface area (Å²) in [4.78, 5) is 50.6. The van der Waals surface area contributed by atoms with E-state index in [-0.39, 0.29) is 20.4 Å². The maximum absolute atomic E-state index is 12.9. The molecule has 0 bridgehead atoms. The van der Waals surface area contributed by atoms with Gasteiger partial charge in [0.05, 0.1) is 11.2 Å². The van der Waals surface area contributed by atoms with Crippen molar-refractivity contribution in [3.05, 3.63) is 23.3 Å². The molecule has 0 aliphatic rings. The van der Waals surface area contributed by atoms with Gasteiger partial charge in [-0.3, -0.25) is 9.59 Å². The van der Waals surface area contributed by atoms with Crippen molar-refractivity contribution in [3.63, 3.8) is 0 Å². The standard InChI is InChI=1S/C24H36O8.2C4H8N2O2.Pd/c1-21(2,3)29-17(25)13-15(19(27)31-23(7,8)9)16(20(28)32-24(10,11)12)14-18(26)30-22(4,5)6;2*1-3(5-7)4(2)6-8;/h1-12H3;2*7-8H,1-2H3;/q-2;;;+2/b;2*5-3+,6-4+;. The van der Waals surface area contributed by atoms with Crippen LogP contribution in [0.1, 0.15) is 111 Å². The van der Waals surface area contributed by atoms with Crippen molar-refractivity contribution in [3.8, 4) is 0 Å². The third kappa shape index (κ3) is 28.6. The van der Waals surface area contributed by atoms with Crippen LogP contribution < -0.4 is 0 Å². The summed E-state index contributed by atoms with van der Waals surface area (Å²) in [7, 11) is 0. The Hall–Kier alpha value is -4.10. The van der Waals surface area contributed by atoms with Gasteiger partial charge in [0.15, 0.2) is 11.9 Å². The maximum Gasteiger partial charge on any atom is 2.00 e. The molecule has 0 amide bonds. The van der Waals surface area contributed by atoms with Crippen LogP contribution in [0.25, 0.3) is 0 Å². The zero-order valence-electron chi connectivity index (χ0n) is 31.2. The molecule has 0 fully saturated rings. The predicted octanol–water partition coefficient (Wildman–Crippen LogP) is 5.18. The first-order valence-electron chi connectivity index (χ1n) is 14.4. The Morgan fingerprint density at radius 1 is 0.429 bits per heavy atom. The van der Waals surface area contributed by atoms with Crippen LogP contribution in [0.15, 0.2) is 31.8 Å². The van der Waals surface area contributed by atoms with Crippen molar-refractivity contribution in [2.75, 3.05) is 0 Å². The molecule has 0 heterocycles. The smallest absolute Gasteiger partial charge is 0.523 e. The molecule has 0 radical (unpaired) electrons. The van der Waals surface area contributed by atoms with Gasteiger partial charge in [-0.05, 0) is 111 Å². The molecule has 17 heteroatoms. The van der Waals surface area contributed by atoms with E-state index < -0.39 is 57.4 Å². The fourth-order valence-electron chi connectivity index (χ4n) is 2.19. The van der Waals surface area contributed by atoms with E-state index in [1.165, 1.54) is 27.7 Å². The van der Waals surface area contributed by atoms with Crippen LogP contribution in [0, 0.1) is 12.2 Å². The molecule has 4 N–H and O–H groups in total. The van der Waals surface area contributed by atoms with Crippen molar-refractivity contribution >= 4 is 46.7 Å². The van der Waals surface area contributed by atoms with Gasteiger partial charge in [-0.1, -0.05) is 20.6 Å². The minimum atomic E-state index is -1.08. The number of rotatable bonds is 7. The SMILES string of the molecule is CC(=N\O)/C(C)=N/O.CC(=N\O)/C(C)=N/O.CC(C)(C)OC(=O)[C-]=C(C(=O)OC(C)(C)C)C(=[C-]C(=O)OC(C)(C)C)C(=O)OC(C)(C)C.[Pd+2]. The number of nitrogens with zero attached hydrogens (tertiary/aromatic N) is 4. The van der Waals surface area contributed by atoms with E-state index >= 15 is 0 Å². The largest absolute Gasteiger partial charge is 2.00 e. The predicted molar refractivity (Wildman–Crippen MR) is 176 cm³/mol. The molecule has 0 aromatic carbocycles. The fraction of sp³-hybridized carbons (Fsp3) is 0.625. The molecule has 0 unspecified atom stereocenters. The van der Waals surface area contributed by atoms with E-state index in [0.29, 0.717) is 22.8 Å². The van der Waals surface area contributed by atoms with E-state index in [0.717, 1.165) is 0 Å². The van der Waals surface area contributed by atoms with Gasteiger partial charge in [-0.25, -0.2) is 11.1 Å². The zero-order valence-corrected chi connectivity index (χ0v) is 32.7. The summed E-state index contributed by atoms with van der Waals surface area (Å²) in [5.41, 5.74) is -3.79. The molecular formula is C32H52N4O12Pd. The number of carbonyl (C=O) groups excluding carboxylic acids is 4. The average Bonchev–Trinajstić information content (AvgIpc) is 2.89. The minimum absolute atomic E-state index is 0. The summed E-state index contributed by atoms with van der Waals surface area (Å²) < 4.78 is 21.0. The molecule has 0 saturated carbocycles. The Labute approximate surface area is 302 Å². The van der Waals surface area contributed by atoms with Crippen LogP contribution in [-0.2, 0) is 58.5 Å². The van der Waals surface area contributed by atoms with Gasteiger partial charge in [0.25, 0.3) is 11.9 Å². The van der Waals surface area contributed by atoms with Crippen molar-refractivity contribution in [1.82, 2.24) is 0 Å². The van der Waals surface area contributed by atoms with E-state index in [1.54, 1.807) is 83.1 Å². The number of hydrogen-bond donors (Lipinski definition) is 4. The molecule has 49 heavy (non-hydrogen) atoms. The third-order valence-corrected chi connectivity index (χ3v) is 4.36. The topological polar surface area (TPSA) is 236 Å². The molecule has 0 aromatic heterocycles. The molecule has 0 saturated heterocycles. The zero-order chi connectivity index (χ0) is 38.8. The summed E-state index contributed by atoms with van der Waals surface area (Å²) >= 11 is 0. The van der Waals surface area contributed by atoms with Gasteiger partial charge in [0.1, 0.15) is 34.0 Å². The molecular weight excluding hydrogens is 739 g/mol. The number of esters is 4. The molecule has 0 aromatic rings. The molecule has 0 rings (SSSR count). The number of oxime groups is 4. The Bertz CT molecular complexity index is 1170. The Kier molecular flexibility index (Phi) is 23.8. The van der Waals surface area contributed by atoms with Crippen LogP contribution in [0.3, 0.4) is 0 Å². The van der Waals surface area contributed by atoms with Gasteiger partial charge in [0.2, 0.25) is 0 Å². The second kappa shape index (κ2) is 22.5. The summed E-state index contributed by atoms with van der Waals surface area (Å²) in [6.07, 6.45) is 4.41. The van der Waals surface area contributed by atoms with Crippen molar-refractivity contribution in [1.29, 1.82) is 0 Å². The van der Waals surface area contributed by atoms with Crippen molar-refractivity contribution in [2.24, 2.45) is 20.6 Å². The van der Waals surface area contributed by atoms with E-state index in [2.05, 4.69) is 32.8 Å². The van der Waals surface area contributed by atoms with Crippen LogP contribution >= 0.6 is 0 Å². The van der Waals surface area contributed by atoms with Gasteiger partial charge in [-0.15, -0.1) is 12.2 Å². The van der Waals surface area contributed by atoms with Crippen molar-refractivity contribution in [2.45, 2.75) is 133 Å². The van der Waals surface area contributed by atoms with Crippen LogP contribution in [0.2, 0.25) is 0 Å². The quantitative estimate of drug-likeness (QED) is 0.0300. The van der Waals surface area contributed by atoms with Gasteiger partial charge >= 0.3 is 20.4 Å². The van der Waals surface area contributed by atoms with Gasteiger partial charge in [-0.2, -0.15) is 0 Å². The van der Waals surface area contributed by atoms with E-state index in [4.69, 9.17) is 39.8 Å². The first kappa shape index (κ1) is 51.7. The fourth-order valence-corrected chi connectivity index (χ4v) is 2.19. The number of carbonyl (C=O) groups is 4. The van der Waals surface area contributed by atoms with Crippen LogP contribution in [0.5, 0.6) is 0 Å². The monoisotopic (exact) mass is 790 g/mol. The van der Waals surface area contributed by atoms with Crippen molar-refractivity contribution < 1.29 is 79.4 Å². The number of hydrogen-bond acceptors (Lipinski definition) is 16. The van der Waals surface area contributed by atoms with Crippen LogP contribution in [0.4, 0.5) is 0 Å². The number of ether oxygens (including phenoxy) is 4. The van der Waals surface area contributed by atoms with Gasteiger partial charge < -0.3 is 49.4 Å². The van der Waals surface area contributed by atoms with Gasteiger partial charge in [0, 0.05) is 0 Å². The second-order valence-corrected chi connectivity index (χ2v) is 13.7. The Morgan fingerprint density at radius 3 is 0.755 bits per heavy atom. The molecule has 282 valence electrons. The Morgan fingerprint density at radius 2 is 0.612 bits per heavy atom. The normalized spacial score (nSPS) is 13.7. The summed E-state index contributed by atoms with van der Waals surface area (Å²) in [6.45, 7) is 25.5. The van der Waals surface area contributed by atoms with E-state index in [9.17, 15) is 19.2 Å². The molecule has 0 aliphatic heterocycles. The summed E-state index contributed by atoms with van der Waals surface area (Å²) in [6, 6.07) is 0. The molecule has 16 nitrogen and oxygen atoms in total. The first-order chi connectivity index (χ1) is 21.4. The average molecular weight is 791 g/mol. The summed E-state index contributed by atoms with van der Waals surface area (Å²) in [5.74, 6) is -4.24. The minimum Gasteiger partial charge on any atom is -0.523 e. The van der Waals surface area contributed by atoms with Crippen LogP contribution in [-0.4, -0.2) is 90.0 Å². The molecule has 0 atom stereocenters. The molecule has 0 aliphatic carbocycles. The molecule has 0 spiro atoms. The summed E-state index contributed by atoms with van der Waals surface area (Å²) in [5, 5.41) is 43.3. The third-order valence-electron chi connectivity index (χ3n) is 4.36. The maximum atomic E-state index is 12.9.